The van der Waals surface area contributed by atoms with Gasteiger partial charge in [-0.3, -0.25) is 0 Å². The molecule has 0 aliphatic heterocycles. The predicted molar refractivity (Wildman–Crippen MR) is 94.0 cm³/mol. The maximum atomic E-state index is 5.82. The van der Waals surface area contributed by atoms with Crippen LogP contribution in [0.3, 0.4) is 0 Å². The summed E-state index contributed by atoms with van der Waals surface area (Å²) in [6.45, 7) is 6.84. The van der Waals surface area contributed by atoms with Gasteiger partial charge in [-0.1, -0.05) is 17.2 Å². The quantitative estimate of drug-likeness (QED) is 0.613. The van der Waals surface area contributed by atoms with Crippen LogP contribution in [0.1, 0.15) is 33.6 Å². The van der Waals surface area contributed by atoms with E-state index >= 15 is 0 Å². The van der Waals surface area contributed by atoms with E-state index in [2.05, 4.69) is 32.9 Å². The van der Waals surface area contributed by atoms with E-state index in [-0.39, 0.29) is 0 Å². The van der Waals surface area contributed by atoms with Crippen LogP contribution >= 0.6 is 0 Å². The third kappa shape index (κ3) is 5.89. The van der Waals surface area contributed by atoms with Crippen molar-refractivity contribution >= 4 is 0 Å². The Balaban J connectivity index is 2.72. The molecule has 1 rings (SSSR count). The minimum Gasteiger partial charge on any atom is -0.493 e. The van der Waals surface area contributed by atoms with Crippen molar-refractivity contribution in [1.82, 2.24) is 0 Å². The zero-order valence-corrected chi connectivity index (χ0v) is 15.1. The molecule has 1 aromatic rings. The molecule has 0 aliphatic rings. The fraction of sp³-hybridized carbons (Fsp3) is 0.474. The van der Waals surface area contributed by atoms with E-state index in [9.17, 15) is 0 Å². The third-order valence-corrected chi connectivity index (χ3v) is 3.43. The predicted octanol–water partition coefficient (Wildman–Crippen LogP) is 4.78. The Morgan fingerprint density at radius 1 is 0.870 bits per heavy atom. The average molecular weight is 320 g/mol. The van der Waals surface area contributed by atoms with Gasteiger partial charge in [0.05, 0.1) is 21.3 Å². The summed E-state index contributed by atoms with van der Waals surface area (Å²) >= 11 is 0. The first-order valence-electron chi connectivity index (χ1n) is 7.74. The third-order valence-electron chi connectivity index (χ3n) is 3.43. The van der Waals surface area contributed by atoms with Gasteiger partial charge in [-0.15, -0.1) is 0 Å². The normalized spacial score (nSPS) is 11.0. The molecule has 0 spiro atoms. The largest absolute Gasteiger partial charge is 0.493 e. The van der Waals surface area contributed by atoms with Crippen LogP contribution in [0.2, 0.25) is 0 Å². The van der Waals surface area contributed by atoms with Gasteiger partial charge in [0, 0.05) is 0 Å². The lowest BCUT2D eigenvalue weighted by atomic mass is 10.1. The number of rotatable bonds is 9. The molecule has 0 N–H and O–H groups in total. The van der Waals surface area contributed by atoms with Crippen LogP contribution in [-0.4, -0.2) is 27.9 Å². The Kier molecular flexibility index (Phi) is 8.09. The standard InChI is InChI=1S/C19H28O4/c1-14(2)8-7-9-15(3)12-13-23-17-11-10-16(20-4)18(21-5)19(17)22-6/h8,10-12H,7,9,13H2,1-6H3/b15-12+. The SMILES string of the molecule is COc1ccc(OC/C=C(\C)CCC=C(C)C)c(OC)c1OC. The molecule has 1 aromatic carbocycles. The van der Waals surface area contributed by atoms with Gasteiger partial charge >= 0.3 is 0 Å². The van der Waals surface area contributed by atoms with Crippen LogP contribution in [-0.2, 0) is 0 Å². The van der Waals surface area contributed by atoms with E-state index in [0.717, 1.165) is 12.8 Å². The summed E-state index contributed by atoms with van der Waals surface area (Å²) < 4.78 is 21.8. The summed E-state index contributed by atoms with van der Waals surface area (Å²) in [6, 6.07) is 3.63. The van der Waals surface area contributed by atoms with Gasteiger partial charge in [0.15, 0.2) is 11.5 Å². The molecule has 4 heteroatoms. The highest BCUT2D eigenvalue weighted by Gasteiger charge is 2.16. The van der Waals surface area contributed by atoms with Crippen LogP contribution in [0.25, 0.3) is 0 Å². The van der Waals surface area contributed by atoms with Gasteiger partial charge in [-0.05, 0) is 51.8 Å². The molecule has 0 fully saturated rings. The molecule has 128 valence electrons. The summed E-state index contributed by atoms with van der Waals surface area (Å²) in [5.74, 6) is 2.34. The Hall–Kier alpha value is -2.10. The fourth-order valence-electron chi connectivity index (χ4n) is 2.15. The molecular weight excluding hydrogens is 292 g/mol. The van der Waals surface area contributed by atoms with E-state index in [1.807, 2.05) is 12.1 Å². The van der Waals surface area contributed by atoms with Gasteiger partial charge in [0.25, 0.3) is 0 Å². The zero-order chi connectivity index (χ0) is 17.2. The maximum Gasteiger partial charge on any atom is 0.207 e. The summed E-state index contributed by atoms with van der Waals surface area (Å²) in [5, 5.41) is 0. The van der Waals surface area contributed by atoms with E-state index in [0.29, 0.717) is 29.6 Å². The summed E-state index contributed by atoms with van der Waals surface area (Å²) in [6.07, 6.45) is 6.44. The first-order chi connectivity index (χ1) is 11.0. The lowest BCUT2D eigenvalue weighted by molar-refractivity contribution is 0.294. The molecule has 0 saturated heterocycles. The second kappa shape index (κ2) is 9.82. The van der Waals surface area contributed by atoms with Crippen molar-refractivity contribution in [1.29, 1.82) is 0 Å². The van der Waals surface area contributed by atoms with Crippen LogP contribution in [0.15, 0.2) is 35.4 Å². The summed E-state index contributed by atoms with van der Waals surface area (Å²) in [4.78, 5) is 0. The molecule has 0 amide bonds. The van der Waals surface area contributed by atoms with E-state index < -0.39 is 0 Å². The first-order valence-corrected chi connectivity index (χ1v) is 7.74. The fourth-order valence-corrected chi connectivity index (χ4v) is 2.15. The van der Waals surface area contributed by atoms with Crippen LogP contribution < -0.4 is 18.9 Å². The van der Waals surface area contributed by atoms with Crippen LogP contribution in [0.4, 0.5) is 0 Å². The van der Waals surface area contributed by atoms with Gasteiger partial charge in [0.2, 0.25) is 11.5 Å². The maximum absolute atomic E-state index is 5.82. The molecule has 0 heterocycles. The van der Waals surface area contributed by atoms with Crippen LogP contribution in [0.5, 0.6) is 23.0 Å². The second-order valence-electron chi connectivity index (χ2n) is 5.51. The Bertz CT molecular complexity index is 555. The van der Waals surface area contributed by atoms with E-state index in [1.165, 1.54) is 11.1 Å². The molecule has 0 unspecified atom stereocenters. The molecule has 0 atom stereocenters. The molecule has 0 radical (unpaired) electrons. The Morgan fingerprint density at radius 2 is 1.48 bits per heavy atom. The van der Waals surface area contributed by atoms with Crippen molar-refractivity contribution in [3.05, 3.63) is 35.4 Å². The smallest absolute Gasteiger partial charge is 0.207 e. The van der Waals surface area contributed by atoms with Gasteiger partial charge in [-0.25, -0.2) is 0 Å². The molecule has 0 saturated carbocycles. The lowest BCUT2D eigenvalue weighted by Gasteiger charge is -2.15. The molecule has 0 bridgehead atoms. The van der Waals surface area contributed by atoms with Gasteiger partial charge in [0.1, 0.15) is 6.61 Å². The zero-order valence-electron chi connectivity index (χ0n) is 15.1. The molecular formula is C19H28O4. The van der Waals surface area contributed by atoms with Crippen molar-refractivity contribution in [3.8, 4) is 23.0 Å². The number of allylic oxidation sites excluding steroid dienone is 3. The number of benzene rings is 1. The van der Waals surface area contributed by atoms with Gasteiger partial charge < -0.3 is 18.9 Å². The second-order valence-corrected chi connectivity index (χ2v) is 5.51. The van der Waals surface area contributed by atoms with Crippen molar-refractivity contribution in [2.45, 2.75) is 33.6 Å². The highest BCUT2D eigenvalue weighted by molar-refractivity contribution is 5.59. The molecule has 23 heavy (non-hydrogen) atoms. The molecule has 0 aromatic heterocycles. The van der Waals surface area contributed by atoms with Crippen molar-refractivity contribution < 1.29 is 18.9 Å². The van der Waals surface area contributed by atoms with Crippen molar-refractivity contribution in [2.24, 2.45) is 0 Å². The highest BCUT2D eigenvalue weighted by atomic mass is 16.5. The van der Waals surface area contributed by atoms with Gasteiger partial charge in [-0.2, -0.15) is 0 Å². The van der Waals surface area contributed by atoms with E-state index in [1.54, 1.807) is 21.3 Å². The Labute approximate surface area is 139 Å². The minimum atomic E-state index is 0.493. The molecule has 4 nitrogen and oxygen atoms in total. The topological polar surface area (TPSA) is 36.9 Å². The van der Waals surface area contributed by atoms with Crippen molar-refractivity contribution in [2.75, 3.05) is 27.9 Å². The van der Waals surface area contributed by atoms with E-state index in [4.69, 9.17) is 18.9 Å². The number of methoxy groups -OCH3 is 3. The highest BCUT2D eigenvalue weighted by Crippen LogP contribution is 2.43. The molecule has 0 aliphatic carbocycles. The van der Waals surface area contributed by atoms with Crippen LogP contribution in [0, 0.1) is 0 Å². The number of hydrogen-bond donors (Lipinski definition) is 0. The summed E-state index contributed by atoms with van der Waals surface area (Å²) in [5.41, 5.74) is 2.66. The Morgan fingerprint density at radius 3 is 2.04 bits per heavy atom. The lowest BCUT2D eigenvalue weighted by Crippen LogP contribution is -2.00. The first kappa shape index (κ1) is 18.9. The minimum absolute atomic E-state index is 0.493. The number of ether oxygens (including phenoxy) is 4. The number of hydrogen-bond acceptors (Lipinski definition) is 4. The van der Waals surface area contributed by atoms with Crippen molar-refractivity contribution in [3.63, 3.8) is 0 Å². The monoisotopic (exact) mass is 320 g/mol. The average Bonchev–Trinajstić information content (AvgIpc) is 2.53. The summed E-state index contributed by atoms with van der Waals surface area (Å²) in [7, 11) is 4.76.